The lowest BCUT2D eigenvalue weighted by molar-refractivity contribution is -0.384. The van der Waals surface area contributed by atoms with E-state index >= 15 is 0 Å². The second-order valence-electron chi connectivity index (χ2n) is 9.54. The Bertz CT molecular complexity index is 1270. The van der Waals surface area contributed by atoms with Crippen LogP contribution < -0.4 is 4.90 Å². The van der Waals surface area contributed by atoms with E-state index in [-0.39, 0.29) is 23.0 Å². The number of benzene rings is 1. The van der Waals surface area contributed by atoms with E-state index in [1.165, 1.54) is 36.5 Å². The Balaban J connectivity index is 2.09. The third-order valence-electron chi connectivity index (χ3n) is 4.21. The van der Waals surface area contributed by atoms with Gasteiger partial charge in [0.2, 0.25) is 0 Å². The van der Waals surface area contributed by atoms with Gasteiger partial charge in [0.25, 0.3) is 5.69 Å². The standard InChI is InChI=1S/C23H24BrN5O7/c1-22(2,3)34-20(30)28(21(31)35-23(4,5)6)19-18(26-17(24)12-25-19)16-11-15(27-36-16)13-7-9-14(10-8-13)29(32)33/h7-12H,1-6H3. The van der Waals surface area contributed by atoms with E-state index in [0.717, 1.165) is 0 Å². The zero-order valence-electron chi connectivity index (χ0n) is 20.4. The Morgan fingerprint density at radius 3 is 2.08 bits per heavy atom. The lowest BCUT2D eigenvalue weighted by Crippen LogP contribution is -2.44. The molecule has 0 N–H and O–H groups in total. The summed E-state index contributed by atoms with van der Waals surface area (Å²) in [6.07, 6.45) is -0.747. The van der Waals surface area contributed by atoms with Crippen molar-refractivity contribution in [1.29, 1.82) is 0 Å². The topological polar surface area (TPSA) is 151 Å². The number of carbonyl (C=O) groups excluding carboxylic acids is 2. The zero-order chi connectivity index (χ0) is 26.8. The number of non-ortho nitro benzene ring substituents is 1. The SMILES string of the molecule is CC(C)(C)OC(=O)N(C(=O)OC(C)(C)C)c1ncc(Br)nc1-c1cc(-c2ccc([N+](=O)[O-])cc2)no1. The van der Waals surface area contributed by atoms with Crippen LogP contribution in [-0.2, 0) is 9.47 Å². The second-order valence-corrected chi connectivity index (χ2v) is 10.4. The first-order valence-corrected chi connectivity index (χ1v) is 11.4. The van der Waals surface area contributed by atoms with Crippen molar-refractivity contribution in [3.8, 4) is 22.7 Å². The first-order chi connectivity index (χ1) is 16.6. The number of halogens is 1. The maximum atomic E-state index is 13.1. The molecule has 3 aromatic rings. The molecule has 0 aliphatic carbocycles. The van der Waals surface area contributed by atoms with Gasteiger partial charge in [-0.2, -0.15) is 4.90 Å². The van der Waals surface area contributed by atoms with E-state index in [2.05, 4.69) is 31.1 Å². The van der Waals surface area contributed by atoms with Crippen LogP contribution in [-0.4, -0.2) is 43.4 Å². The molecule has 0 saturated carbocycles. The number of nitro groups is 1. The van der Waals surface area contributed by atoms with Crippen LogP contribution in [0.1, 0.15) is 41.5 Å². The fourth-order valence-corrected chi connectivity index (χ4v) is 3.11. The summed E-state index contributed by atoms with van der Waals surface area (Å²) in [5.41, 5.74) is -1.04. The number of hydrogen-bond acceptors (Lipinski definition) is 10. The van der Waals surface area contributed by atoms with E-state index in [1.807, 2.05) is 0 Å². The molecule has 0 spiro atoms. The summed E-state index contributed by atoms with van der Waals surface area (Å²) in [6.45, 7) is 9.91. The lowest BCUT2D eigenvalue weighted by atomic mass is 10.1. The number of imide groups is 1. The maximum Gasteiger partial charge on any atom is 0.425 e. The molecule has 190 valence electrons. The third kappa shape index (κ3) is 6.62. The van der Waals surface area contributed by atoms with Gasteiger partial charge >= 0.3 is 12.2 Å². The Kier molecular flexibility index (Phi) is 7.43. The van der Waals surface area contributed by atoms with Gasteiger partial charge in [-0.05, 0) is 69.6 Å². The largest absolute Gasteiger partial charge is 0.443 e. The normalized spacial score (nSPS) is 11.6. The number of carbonyl (C=O) groups is 2. The average molecular weight is 562 g/mol. The second kappa shape index (κ2) is 10.0. The van der Waals surface area contributed by atoms with Gasteiger partial charge < -0.3 is 14.0 Å². The number of rotatable bonds is 4. The molecule has 0 atom stereocenters. The highest BCUT2D eigenvalue weighted by atomic mass is 79.9. The van der Waals surface area contributed by atoms with Crippen LogP contribution in [0, 0.1) is 10.1 Å². The number of nitrogens with zero attached hydrogens (tertiary/aromatic N) is 5. The molecule has 3 rings (SSSR count). The summed E-state index contributed by atoms with van der Waals surface area (Å²) in [6, 6.07) is 7.20. The predicted molar refractivity (Wildman–Crippen MR) is 132 cm³/mol. The van der Waals surface area contributed by atoms with E-state index in [4.69, 9.17) is 14.0 Å². The molecule has 13 heteroatoms. The number of ether oxygens (including phenoxy) is 2. The minimum Gasteiger partial charge on any atom is -0.443 e. The molecule has 0 unspecified atom stereocenters. The van der Waals surface area contributed by atoms with Gasteiger partial charge in [0, 0.05) is 23.8 Å². The Morgan fingerprint density at radius 2 is 1.58 bits per heavy atom. The van der Waals surface area contributed by atoms with E-state index < -0.39 is 28.3 Å². The van der Waals surface area contributed by atoms with Crippen LogP contribution >= 0.6 is 15.9 Å². The molecule has 36 heavy (non-hydrogen) atoms. The van der Waals surface area contributed by atoms with Crippen LogP contribution in [0.2, 0.25) is 0 Å². The van der Waals surface area contributed by atoms with Crippen molar-refractivity contribution in [1.82, 2.24) is 15.1 Å². The first-order valence-electron chi connectivity index (χ1n) is 10.7. The number of amides is 2. The fraction of sp³-hybridized carbons (Fsp3) is 0.348. The minimum atomic E-state index is -1.02. The third-order valence-corrected chi connectivity index (χ3v) is 4.59. The fourth-order valence-electron chi connectivity index (χ4n) is 2.83. The molecule has 2 aromatic heterocycles. The quantitative estimate of drug-likeness (QED) is 0.268. The molecule has 0 aliphatic heterocycles. The molecule has 0 bridgehead atoms. The molecule has 0 fully saturated rings. The van der Waals surface area contributed by atoms with Crippen molar-refractivity contribution >= 4 is 39.6 Å². The molecule has 0 radical (unpaired) electrons. The zero-order valence-corrected chi connectivity index (χ0v) is 22.0. The van der Waals surface area contributed by atoms with Crippen molar-refractivity contribution in [2.24, 2.45) is 0 Å². The van der Waals surface area contributed by atoms with Crippen molar-refractivity contribution < 1.29 is 28.5 Å². The van der Waals surface area contributed by atoms with Gasteiger partial charge in [0.05, 0.1) is 11.1 Å². The molecule has 2 heterocycles. The Hall–Kier alpha value is -3.87. The average Bonchev–Trinajstić information content (AvgIpc) is 3.22. The summed E-state index contributed by atoms with van der Waals surface area (Å²) >= 11 is 3.24. The van der Waals surface area contributed by atoms with Crippen LogP contribution in [0.3, 0.4) is 0 Å². The van der Waals surface area contributed by atoms with Gasteiger partial charge in [-0.3, -0.25) is 10.1 Å². The number of hydrogen-bond donors (Lipinski definition) is 0. The molecule has 1 aromatic carbocycles. The van der Waals surface area contributed by atoms with Gasteiger partial charge in [-0.1, -0.05) is 5.16 Å². The molecule has 2 amide bonds. The summed E-state index contributed by atoms with van der Waals surface area (Å²) in [5, 5.41) is 14.9. The van der Waals surface area contributed by atoms with E-state index in [1.54, 1.807) is 41.5 Å². The van der Waals surface area contributed by atoms with Crippen molar-refractivity contribution in [3.05, 3.63) is 51.2 Å². The maximum absolute atomic E-state index is 13.1. The molecule has 12 nitrogen and oxygen atoms in total. The van der Waals surface area contributed by atoms with Gasteiger partial charge in [0.1, 0.15) is 21.5 Å². The summed E-state index contributed by atoms with van der Waals surface area (Å²) in [5.74, 6) is -0.127. The molecule has 0 saturated heterocycles. The van der Waals surface area contributed by atoms with Crippen molar-refractivity contribution in [3.63, 3.8) is 0 Å². The molecule has 0 aliphatic rings. The summed E-state index contributed by atoms with van der Waals surface area (Å²) < 4.78 is 16.6. The minimum absolute atomic E-state index is 0.00163. The number of anilines is 1. The predicted octanol–water partition coefficient (Wildman–Crippen LogP) is 6.15. The van der Waals surface area contributed by atoms with Crippen molar-refractivity contribution in [2.75, 3.05) is 4.90 Å². The lowest BCUT2D eigenvalue weighted by Gasteiger charge is -2.28. The van der Waals surface area contributed by atoms with Crippen LogP contribution in [0.15, 0.2) is 45.7 Å². The van der Waals surface area contributed by atoms with Crippen LogP contribution in [0.4, 0.5) is 21.1 Å². The number of nitro benzene ring substituents is 1. The molecular weight excluding hydrogens is 538 g/mol. The highest BCUT2D eigenvalue weighted by Crippen LogP contribution is 2.33. The smallest absolute Gasteiger partial charge is 0.425 e. The summed E-state index contributed by atoms with van der Waals surface area (Å²) in [4.78, 5) is 45.8. The monoisotopic (exact) mass is 561 g/mol. The van der Waals surface area contributed by atoms with Gasteiger partial charge in [-0.15, -0.1) is 0 Å². The highest BCUT2D eigenvalue weighted by Gasteiger charge is 2.36. The van der Waals surface area contributed by atoms with Crippen LogP contribution in [0.25, 0.3) is 22.7 Å². The van der Waals surface area contributed by atoms with E-state index in [9.17, 15) is 19.7 Å². The highest BCUT2D eigenvalue weighted by molar-refractivity contribution is 9.10. The van der Waals surface area contributed by atoms with Crippen LogP contribution in [0.5, 0.6) is 0 Å². The number of aromatic nitrogens is 3. The van der Waals surface area contributed by atoms with Gasteiger partial charge in [-0.25, -0.2) is 19.6 Å². The summed E-state index contributed by atoms with van der Waals surface area (Å²) in [7, 11) is 0. The first kappa shape index (κ1) is 26.7. The molecular formula is C23H24BrN5O7. The van der Waals surface area contributed by atoms with Crippen molar-refractivity contribution in [2.45, 2.75) is 52.7 Å². The van der Waals surface area contributed by atoms with Gasteiger partial charge in [0.15, 0.2) is 17.3 Å². The Morgan fingerprint density at radius 1 is 1.03 bits per heavy atom. The van der Waals surface area contributed by atoms with E-state index in [0.29, 0.717) is 20.8 Å². The Labute approximate surface area is 214 Å².